The predicted octanol–water partition coefficient (Wildman–Crippen LogP) is 2.93. The zero-order valence-corrected chi connectivity index (χ0v) is 16.5. The van der Waals surface area contributed by atoms with E-state index >= 15 is 0 Å². The number of hydrogen-bond donors (Lipinski definition) is 2. The third-order valence-corrected chi connectivity index (χ3v) is 5.36. The van der Waals surface area contributed by atoms with E-state index in [1.165, 1.54) is 18.2 Å². The lowest BCUT2D eigenvalue weighted by Gasteiger charge is -2.36. The lowest BCUT2D eigenvalue weighted by molar-refractivity contribution is -0.122. The number of hydrogen-bond acceptors (Lipinski definition) is 5. The molecular formula is C18H31N3O3S. The molecule has 6 nitrogen and oxygen atoms in total. The van der Waals surface area contributed by atoms with Gasteiger partial charge in [-0.05, 0) is 36.9 Å². The van der Waals surface area contributed by atoms with Crippen LogP contribution in [0.1, 0.15) is 46.5 Å². The molecule has 0 radical (unpaired) electrons. The monoisotopic (exact) mass is 369 g/mol. The van der Waals surface area contributed by atoms with Crippen molar-refractivity contribution in [2.45, 2.75) is 58.6 Å². The van der Waals surface area contributed by atoms with Gasteiger partial charge in [-0.15, -0.1) is 0 Å². The fourth-order valence-corrected chi connectivity index (χ4v) is 3.85. The van der Waals surface area contributed by atoms with Gasteiger partial charge in [0.15, 0.2) is 0 Å². The predicted molar refractivity (Wildman–Crippen MR) is 100 cm³/mol. The third-order valence-electron chi connectivity index (χ3n) is 4.70. The molecule has 4 atom stereocenters. The minimum Gasteiger partial charge on any atom is -0.446 e. The van der Waals surface area contributed by atoms with Gasteiger partial charge in [0, 0.05) is 12.3 Å². The molecule has 1 saturated carbocycles. The van der Waals surface area contributed by atoms with Crippen molar-refractivity contribution in [3.63, 3.8) is 0 Å². The molecule has 0 aromatic heterocycles. The first-order valence-corrected chi connectivity index (χ1v) is 10.4. The number of nitriles is 1. The molecule has 0 aliphatic heterocycles. The fourth-order valence-electron chi connectivity index (χ4n) is 3.28. The molecule has 7 heteroatoms. The summed E-state index contributed by atoms with van der Waals surface area (Å²) in [4.78, 5) is 24.5. The van der Waals surface area contributed by atoms with Crippen molar-refractivity contribution in [2.75, 3.05) is 18.6 Å². The highest BCUT2D eigenvalue weighted by molar-refractivity contribution is 7.98. The van der Waals surface area contributed by atoms with Crippen LogP contribution in [-0.2, 0) is 9.53 Å². The number of carbonyl (C=O) groups excluding carboxylic acids is 2. The summed E-state index contributed by atoms with van der Waals surface area (Å²) in [6.45, 7) is 6.79. The Bertz CT molecular complexity index is 479. The van der Waals surface area contributed by atoms with Gasteiger partial charge >= 0.3 is 6.09 Å². The molecule has 1 aliphatic rings. The SMILES string of the molecule is CSCC(NC(=O)OC1CC(C)CCC1C(C)C)C(=O)NCCC#N. The Labute approximate surface area is 155 Å². The second-order valence-electron chi connectivity index (χ2n) is 7.12. The minimum absolute atomic E-state index is 0.0969. The second kappa shape index (κ2) is 11.2. The number of alkyl carbamates (subject to hydrolysis) is 1. The van der Waals surface area contributed by atoms with Crippen molar-refractivity contribution < 1.29 is 14.3 Å². The first-order valence-electron chi connectivity index (χ1n) is 8.99. The molecule has 1 aliphatic carbocycles. The van der Waals surface area contributed by atoms with E-state index in [0.717, 1.165) is 12.8 Å². The smallest absolute Gasteiger partial charge is 0.408 e. The second-order valence-corrected chi connectivity index (χ2v) is 8.03. The molecule has 0 saturated heterocycles. The Morgan fingerprint density at radius 2 is 2.08 bits per heavy atom. The normalized spacial score (nSPS) is 24.2. The number of rotatable bonds is 8. The van der Waals surface area contributed by atoms with Crippen LogP contribution in [0.15, 0.2) is 0 Å². The Kier molecular flexibility index (Phi) is 9.73. The molecule has 4 unspecified atom stereocenters. The Hall–Kier alpha value is -1.42. The van der Waals surface area contributed by atoms with E-state index < -0.39 is 12.1 Å². The summed E-state index contributed by atoms with van der Waals surface area (Å²) in [6, 6.07) is 1.32. The van der Waals surface area contributed by atoms with E-state index in [1.54, 1.807) is 0 Å². The Morgan fingerprint density at radius 1 is 1.36 bits per heavy atom. The highest BCUT2D eigenvalue weighted by atomic mass is 32.2. The minimum atomic E-state index is -0.653. The highest BCUT2D eigenvalue weighted by Gasteiger charge is 2.34. The van der Waals surface area contributed by atoms with E-state index in [0.29, 0.717) is 23.5 Å². The average molecular weight is 370 g/mol. The van der Waals surface area contributed by atoms with Crippen molar-refractivity contribution in [1.82, 2.24) is 10.6 Å². The molecule has 25 heavy (non-hydrogen) atoms. The standard InChI is InChI=1S/C18H31N3O3S/c1-12(2)14-7-6-13(3)10-16(14)24-18(23)21-15(11-25-4)17(22)20-9-5-8-19/h12-16H,5-7,9-11H2,1-4H3,(H,20,22)(H,21,23). The number of nitrogens with one attached hydrogen (secondary N) is 2. The van der Waals surface area contributed by atoms with Crippen LogP contribution in [0.3, 0.4) is 0 Å². The molecule has 1 fully saturated rings. The fraction of sp³-hybridized carbons (Fsp3) is 0.833. The Morgan fingerprint density at radius 3 is 2.68 bits per heavy atom. The first kappa shape index (κ1) is 21.6. The molecule has 0 aromatic rings. The van der Waals surface area contributed by atoms with Crippen LogP contribution < -0.4 is 10.6 Å². The van der Waals surface area contributed by atoms with Crippen LogP contribution in [0.5, 0.6) is 0 Å². The zero-order chi connectivity index (χ0) is 18.8. The van der Waals surface area contributed by atoms with Crippen LogP contribution in [0.25, 0.3) is 0 Å². The van der Waals surface area contributed by atoms with Crippen LogP contribution in [-0.4, -0.2) is 42.7 Å². The van der Waals surface area contributed by atoms with Gasteiger partial charge in [-0.3, -0.25) is 4.79 Å². The third kappa shape index (κ3) is 7.55. The summed E-state index contributed by atoms with van der Waals surface area (Å²) in [6.07, 6.45) is 4.61. The summed E-state index contributed by atoms with van der Waals surface area (Å²) in [7, 11) is 0. The molecule has 2 N–H and O–H groups in total. The van der Waals surface area contributed by atoms with E-state index in [4.69, 9.17) is 10.00 Å². The van der Waals surface area contributed by atoms with Crippen molar-refractivity contribution in [2.24, 2.45) is 17.8 Å². The van der Waals surface area contributed by atoms with Crippen molar-refractivity contribution in [3.05, 3.63) is 0 Å². The van der Waals surface area contributed by atoms with Gasteiger partial charge in [0.05, 0.1) is 12.5 Å². The molecule has 0 aromatic carbocycles. The van der Waals surface area contributed by atoms with Crippen LogP contribution in [0, 0.1) is 29.1 Å². The van der Waals surface area contributed by atoms with E-state index in [9.17, 15) is 9.59 Å². The molecule has 0 bridgehead atoms. The molecule has 1 rings (SSSR count). The number of amides is 2. The van der Waals surface area contributed by atoms with Crippen molar-refractivity contribution in [3.8, 4) is 6.07 Å². The zero-order valence-electron chi connectivity index (χ0n) is 15.7. The van der Waals surface area contributed by atoms with Gasteiger partial charge in [-0.1, -0.05) is 27.2 Å². The first-order chi connectivity index (χ1) is 11.9. The van der Waals surface area contributed by atoms with Gasteiger partial charge < -0.3 is 15.4 Å². The van der Waals surface area contributed by atoms with Crippen LogP contribution >= 0.6 is 11.8 Å². The van der Waals surface area contributed by atoms with Crippen molar-refractivity contribution in [1.29, 1.82) is 5.26 Å². The lowest BCUT2D eigenvalue weighted by atomic mass is 9.75. The largest absolute Gasteiger partial charge is 0.446 e. The Balaban J connectivity index is 2.60. The quantitative estimate of drug-likeness (QED) is 0.642. The lowest BCUT2D eigenvalue weighted by Crippen LogP contribution is -2.50. The number of thioether (sulfide) groups is 1. The molecule has 142 valence electrons. The highest BCUT2D eigenvalue weighted by Crippen LogP contribution is 2.35. The summed E-state index contributed by atoms with van der Waals surface area (Å²) >= 11 is 1.48. The van der Waals surface area contributed by atoms with Gasteiger partial charge in [0.2, 0.25) is 5.91 Å². The van der Waals surface area contributed by atoms with Gasteiger partial charge in [-0.2, -0.15) is 17.0 Å². The topological polar surface area (TPSA) is 91.2 Å². The maximum Gasteiger partial charge on any atom is 0.408 e. The molecule has 2 amide bonds. The molecule has 0 heterocycles. The number of carbonyl (C=O) groups is 2. The maximum absolute atomic E-state index is 12.3. The number of nitrogens with zero attached hydrogens (tertiary/aromatic N) is 1. The summed E-state index contributed by atoms with van der Waals surface area (Å²) < 4.78 is 5.70. The summed E-state index contributed by atoms with van der Waals surface area (Å²) in [5, 5.41) is 13.9. The van der Waals surface area contributed by atoms with Crippen molar-refractivity contribution >= 4 is 23.8 Å². The maximum atomic E-state index is 12.3. The van der Waals surface area contributed by atoms with Crippen LogP contribution in [0.2, 0.25) is 0 Å². The van der Waals surface area contributed by atoms with E-state index in [2.05, 4.69) is 31.4 Å². The summed E-state index contributed by atoms with van der Waals surface area (Å²) in [5.41, 5.74) is 0. The molecule has 0 spiro atoms. The number of ether oxygens (including phenoxy) is 1. The molecular weight excluding hydrogens is 338 g/mol. The van der Waals surface area contributed by atoms with E-state index in [-0.39, 0.29) is 25.0 Å². The van der Waals surface area contributed by atoms with Gasteiger partial charge in [0.25, 0.3) is 0 Å². The van der Waals surface area contributed by atoms with Gasteiger partial charge in [0.1, 0.15) is 12.1 Å². The van der Waals surface area contributed by atoms with Crippen LogP contribution in [0.4, 0.5) is 4.79 Å². The van der Waals surface area contributed by atoms with Gasteiger partial charge in [-0.25, -0.2) is 4.79 Å². The average Bonchev–Trinajstić information content (AvgIpc) is 2.54. The summed E-state index contributed by atoms with van der Waals surface area (Å²) in [5.74, 6) is 1.55. The van der Waals surface area contributed by atoms with E-state index in [1.807, 2.05) is 12.3 Å².